The lowest BCUT2D eigenvalue weighted by atomic mass is 10.1. The van der Waals surface area contributed by atoms with E-state index in [1.165, 1.54) is 31.3 Å². The second-order valence-corrected chi connectivity index (χ2v) is 4.87. The molecule has 0 aliphatic carbocycles. The summed E-state index contributed by atoms with van der Waals surface area (Å²) in [6, 6.07) is 5.08. The lowest BCUT2D eigenvalue weighted by molar-refractivity contribution is 0.0948. The summed E-state index contributed by atoms with van der Waals surface area (Å²) in [5, 5.41) is 2.76. The second-order valence-electron chi connectivity index (χ2n) is 4.87. The molecule has 0 fully saturated rings. The Morgan fingerprint density at radius 2 is 2.09 bits per heavy atom. The highest BCUT2D eigenvalue weighted by molar-refractivity contribution is 5.97. The molecule has 7 nitrogen and oxygen atoms in total. The number of aryl methyl sites for hydroxylation is 1. The summed E-state index contributed by atoms with van der Waals surface area (Å²) in [4.78, 5) is 28.1. The SMILES string of the molecule is COc1cccc(C(=O)NCCn2cncc(C)c2=O)c1OC. The third kappa shape index (κ3) is 3.68. The normalized spacial score (nSPS) is 10.2. The molecule has 1 heterocycles. The molecule has 0 unspecified atom stereocenters. The Kier molecular flexibility index (Phi) is 5.35. The van der Waals surface area contributed by atoms with Gasteiger partial charge in [0.25, 0.3) is 11.5 Å². The van der Waals surface area contributed by atoms with Crippen molar-refractivity contribution in [2.75, 3.05) is 20.8 Å². The maximum Gasteiger partial charge on any atom is 0.256 e. The van der Waals surface area contributed by atoms with Gasteiger partial charge in [0.15, 0.2) is 11.5 Å². The van der Waals surface area contributed by atoms with Gasteiger partial charge in [0, 0.05) is 24.8 Å². The van der Waals surface area contributed by atoms with E-state index in [1.54, 1.807) is 25.1 Å². The molecule has 7 heteroatoms. The topological polar surface area (TPSA) is 82.5 Å². The molecule has 0 saturated heterocycles. The Morgan fingerprint density at radius 1 is 1.30 bits per heavy atom. The largest absolute Gasteiger partial charge is 0.493 e. The Balaban J connectivity index is 2.06. The van der Waals surface area contributed by atoms with Gasteiger partial charge in [-0.1, -0.05) is 6.07 Å². The number of rotatable bonds is 6. The summed E-state index contributed by atoms with van der Waals surface area (Å²) in [6.07, 6.45) is 2.96. The predicted molar refractivity (Wildman–Crippen MR) is 85.1 cm³/mol. The maximum atomic E-state index is 12.3. The molecule has 2 rings (SSSR count). The molecular formula is C16H19N3O4. The number of ether oxygens (including phenoxy) is 2. The minimum Gasteiger partial charge on any atom is -0.493 e. The van der Waals surface area contributed by atoms with Gasteiger partial charge in [-0.25, -0.2) is 4.98 Å². The molecule has 0 radical (unpaired) electrons. The average Bonchev–Trinajstić information content (AvgIpc) is 2.57. The van der Waals surface area contributed by atoms with E-state index in [0.717, 1.165) is 0 Å². The van der Waals surface area contributed by atoms with E-state index in [2.05, 4.69) is 10.3 Å². The van der Waals surface area contributed by atoms with Crippen LogP contribution >= 0.6 is 0 Å². The monoisotopic (exact) mass is 317 g/mol. The van der Waals surface area contributed by atoms with Crippen molar-refractivity contribution < 1.29 is 14.3 Å². The van der Waals surface area contributed by atoms with Gasteiger partial charge in [0.05, 0.1) is 26.1 Å². The lowest BCUT2D eigenvalue weighted by Crippen LogP contribution is -2.31. The highest BCUT2D eigenvalue weighted by Crippen LogP contribution is 2.30. The molecule has 0 bridgehead atoms. The first-order chi connectivity index (χ1) is 11.1. The van der Waals surface area contributed by atoms with Crippen molar-refractivity contribution in [3.05, 3.63) is 52.2 Å². The molecule has 122 valence electrons. The minimum absolute atomic E-state index is 0.117. The fraction of sp³-hybridized carbons (Fsp3) is 0.312. The van der Waals surface area contributed by atoms with Gasteiger partial charge >= 0.3 is 0 Å². The fourth-order valence-corrected chi connectivity index (χ4v) is 2.17. The molecule has 0 aliphatic rings. The summed E-state index contributed by atoms with van der Waals surface area (Å²) in [6.45, 7) is 2.33. The molecule has 2 aromatic rings. The standard InChI is InChI=1S/C16H19N3O4/c1-11-9-17-10-19(16(11)21)8-7-18-15(20)12-5-4-6-13(22-2)14(12)23-3/h4-6,9-10H,7-8H2,1-3H3,(H,18,20). The Morgan fingerprint density at radius 3 is 2.78 bits per heavy atom. The van der Waals surface area contributed by atoms with Gasteiger partial charge in [0.1, 0.15) is 0 Å². The zero-order chi connectivity index (χ0) is 16.8. The number of hydrogen-bond donors (Lipinski definition) is 1. The van der Waals surface area contributed by atoms with Crippen molar-refractivity contribution in [3.63, 3.8) is 0 Å². The van der Waals surface area contributed by atoms with Gasteiger partial charge < -0.3 is 14.8 Å². The summed E-state index contributed by atoms with van der Waals surface area (Å²) in [5.41, 5.74) is 0.822. The zero-order valence-electron chi connectivity index (χ0n) is 13.3. The third-order valence-electron chi connectivity index (χ3n) is 3.36. The van der Waals surface area contributed by atoms with Crippen molar-refractivity contribution in [1.82, 2.24) is 14.9 Å². The molecule has 1 N–H and O–H groups in total. The van der Waals surface area contributed by atoms with E-state index in [0.29, 0.717) is 35.7 Å². The van der Waals surface area contributed by atoms with Gasteiger partial charge in [-0.3, -0.25) is 14.2 Å². The lowest BCUT2D eigenvalue weighted by Gasteiger charge is -2.13. The van der Waals surface area contributed by atoms with Crippen molar-refractivity contribution in [2.24, 2.45) is 0 Å². The third-order valence-corrected chi connectivity index (χ3v) is 3.36. The van der Waals surface area contributed by atoms with Crippen LogP contribution in [-0.4, -0.2) is 36.2 Å². The highest BCUT2D eigenvalue weighted by Gasteiger charge is 2.15. The van der Waals surface area contributed by atoms with Crippen LogP contribution in [0, 0.1) is 6.92 Å². The number of carbonyl (C=O) groups excluding carboxylic acids is 1. The first-order valence-corrected chi connectivity index (χ1v) is 7.08. The van der Waals surface area contributed by atoms with Gasteiger partial charge in [0.2, 0.25) is 0 Å². The van der Waals surface area contributed by atoms with Crippen LogP contribution < -0.4 is 20.3 Å². The molecule has 1 aromatic heterocycles. The summed E-state index contributed by atoms with van der Waals surface area (Å²) in [7, 11) is 2.99. The van der Waals surface area contributed by atoms with E-state index < -0.39 is 0 Å². The number of benzene rings is 1. The van der Waals surface area contributed by atoms with Crippen molar-refractivity contribution in [2.45, 2.75) is 13.5 Å². The fourth-order valence-electron chi connectivity index (χ4n) is 2.17. The van der Waals surface area contributed by atoms with Crippen molar-refractivity contribution >= 4 is 5.91 Å². The number of nitrogens with one attached hydrogen (secondary N) is 1. The molecule has 1 amide bonds. The van der Waals surface area contributed by atoms with Crippen LogP contribution in [0.25, 0.3) is 0 Å². The molecule has 0 saturated carbocycles. The van der Waals surface area contributed by atoms with E-state index in [-0.39, 0.29) is 11.5 Å². The van der Waals surface area contributed by atoms with Crippen LogP contribution in [0.5, 0.6) is 11.5 Å². The molecule has 0 spiro atoms. The Hall–Kier alpha value is -2.83. The van der Waals surface area contributed by atoms with Crippen LogP contribution in [0.2, 0.25) is 0 Å². The van der Waals surface area contributed by atoms with Crippen LogP contribution in [0.4, 0.5) is 0 Å². The van der Waals surface area contributed by atoms with Crippen LogP contribution in [-0.2, 0) is 6.54 Å². The number of hydrogen-bond acceptors (Lipinski definition) is 5. The first-order valence-electron chi connectivity index (χ1n) is 7.08. The number of para-hydroxylation sites is 1. The van der Waals surface area contributed by atoms with Crippen LogP contribution in [0.1, 0.15) is 15.9 Å². The minimum atomic E-state index is -0.297. The van der Waals surface area contributed by atoms with Crippen LogP contribution in [0.15, 0.2) is 35.5 Å². The quantitative estimate of drug-likeness (QED) is 0.859. The zero-order valence-corrected chi connectivity index (χ0v) is 13.3. The molecule has 0 atom stereocenters. The maximum absolute atomic E-state index is 12.3. The number of carbonyl (C=O) groups is 1. The van der Waals surface area contributed by atoms with E-state index in [4.69, 9.17) is 9.47 Å². The number of methoxy groups -OCH3 is 2. The summed E-state index contributed by atoms with van der Waals surface area (Å²) >= 11 is 0. The smallest absolute Gasteiger partial charge is 0.256 e. The van der Waals surface area contributed by atoms with E-state index >= 15 is 0 Å². The highest BCUT2D eigenvalue weighted by atomic mass is 16.5. The van der Waals surface area contributed by atoms with Crippen molar-refractivity contribution in [1.29, 1.82) is 0 Å². The van der Waals surface area contributed by atoms with Crippen LogP contribution in [0.3, 0.4) is 0 Å². The Labute approximate surface area is 133 Å². The number of nitrogens with zero attached hydrogens (tertiary/aromatic N) is 2. The number of amides is 1. The second kappa shape index (κ2) is 7.44. The van der Waals surface area contributed by atoms with Gasteiger partial charge in [-0.05, 0) is 19.1 Å². The first kappa shape index (κ1) is 16.5. The molecule has 0 aliphatic heterocycles. The molecule has 1 aromatic carbocycles. The van der Waals surface area contributed by atoms with E-state index in [9.17, 15) is 9.59 Å². The predicted octanol–water partition coefficient (Wildman–Crippen LogP) is 0.999. The molecular weight excluding hydrogens is 298 g/mol. The van der Waals surface area contributed by atoms with E-state index in [1.807, 2.05) is 0 Å². The van der Waals surface area contributed by atoms with Gasteiger partial charge in [-0.2, -0.15) is 0 Å². The average molecular weight is 317 g/mol. The van der Waals surface area contributed by atoms with Gasteiger partial charge in [-0.15, -0.1) is 0 Å². The Bertz CT molecular complexity index is 755. The molecule has 23 heavy (non-hydrogen) atoms. The number of aromatic nitrogens is 2. The summed E-state index contributed by atoms with van der Waals surface area (Å²) < 4.78 is 11.9. The summed E-state index contributed by atoms with van der Waals surface area (Å²) in [5.74, 6) is 0.565. The van der Waals surface area contributed by atoms with Crippen molar-refractivity contribution in [3.8, 4) is 11.5 Å².